The largest absolute Gasteiger partial charge is 0.356 e. The second kappa shape index (κ2) is 12.9. The molecule has 0 aliphatic carbocycles. The third kappa shape index (κ3) is 8.47. The van der Waals surface area contributed by atoms with Crippen molar-refractivity contribution < 1.29 is 4.79 Å². The van der Waals surface area contributed by atoms with Crippen LogP contribution < -0.4 is 10.6 Å². The second-order valence-corrected chi connectivity index (χ2v) is 7.00. The van der Waals surface area contributed by atoms with Gasteiger partial charge in [0.25, 0.3) is 5.91 Å². The summed E-state index contributed by atoms with van der Waals surface area (Å²) in [4.78, 5) is 20.3. The third-order valence-electron chi connectivity index (χ3n) is 4.68. The Kier molecular flexibility index (Phi) is 11.3. The minimum atomic E-state index is 0. The van der Waals surface area contributed by atoms with Gasteiger partial charge >= 0.3 is 0 Å². The van der Waals surface area contributed by atoms with Crippen LogP contribution in [-0.4, -0.2) is 69.0 Å². The number of halogens is 1. The normalized spacial score (nSPS) is 14.6. The van der Waals surface area contributed by atoms with E-state index >= 15 is 0 Å². The number of hydrogen-bond donors (Lipinski definition) is 2. The molecule has 1 saturated heterocycles. The predicted octanol–water partition coefficient (Wildman–Crippen LogP) is 2.55. The van der Waals surface area contributed by atoms with Crippen molar-refractivity contribution in [3.05, 3.63) is 35.4 Å². The summed E-state index contributed by atoms with van der Waals surface area (Å²) in [5.41, 5.74) is 1.83. The Bertz CT molecular complexity index is 583. The molecule has 0 atom stereocenters. The quantitative estimate of drug-likeness (QED) is 0.256. The zero-order chi connectivity index (χ0) is 18.8. The van der Waals surface area contributed by atoms with Crippen LogP contribution in [0, 0.1) is 0 Å². The Hall–Kier alpha value is -1.35. The molecule has 7 heteroatoms. The van der Waals surface area contributed by atoms with Crippen LogP contribution in [0.5, 0.6) is 0 Å². The van der Waals surface area contributed by atoms with Gasteiger partial charge in [0.15, 0.2) is 5.96 Å². The summed E-state index contributed by atoms with van der Waals surface area (Å²) >= 11 is 0. The van der Waals surface area contributed by atoms with Crippen molar-refractivity contribution in [3.8, 4) is 0 Å². The van der Waals surface area contributed by atoms with Crippen LogP contribution in [0.15, 0.2) is 29.3 Å². The lowest BCUT2D eigenvalue weighted by atomic mass is 10.1. The molecule has 2 rings (SSSR count). The first-order valence-electron chi connectivity index (χ1n) is 9.57. The summed E-state index contributed by atoms with van der Waals surface area (Å²) in [5.74, 6) is 0.843. The van der Waals surface area contributed by atoms with Gasteiger partial charge in [-0.1, -0.05) is 12.1 Å². The van der Waals surface area contributed by atoms with Gasteiger partial charge in [0.1, 0.15) is 0 Å². The maximum atomic E-state index is 11.9. The van der Waals surface area contributed by atoms with E-state index in [2.05, 4.69) is 20.5 Å². The number of carbonyl (C=O) groups excluding carboxylic acids is 1. The van der Waals surface area contributed by atoms with Crippen LogP contribution in [-0.2, 0) is 6.54 Å². The van der Waals surface area contributed by atoms with Crippen molar-refractivity contribution in [3.63, 3.8) is 0 Å². The molecule has 1 heterocycles. The molecule has 0 saturated carbocycles. The first-order valence-corrected chi connectivity index (χ1v) is 9.57. The summed E-state index contributed by atoms with van der Waals surface area (Å²) in [6.45, 7) is 5.38. The lowest BCUT2D eigenvalue weighted by Crippen LogP contribution is -2.37. The molecule has 1 amide bonds. The molecule has 0 unspecified atom stereocenters. The van der Waals surface area contributed by atoms with Gasteiger partial charge in [0.05, 0.1) is 0 Å². The van der Waals surface area contributed by atoms with Crippen LogP contribution in [0.1, 0.15) is 41.6 Å². The Morgan fingerprint density at radius 3 is 2.37 bits per heavy atom. The number of nitrogens with one attached hydrogen (secondary N) is 2. The zero-order valence-corrected chi connectivity index (χ0v) is 19.2. The number of nitrogens with zero attached hydrogens (tertiary/aromatic N) is 3. The van der Waals surface area contributed by atoms with E-state index in [1.807, 2.05) is 24.3 Å². The minimum Gasteiger partial charge on any atom is -0.356 e. The molecule has 6 nitrogen and oxygen atoms in total. The molecule has 1 aliphatic rings. The van der Waals surface area contributed by atoms with Crippen molar-refractivity contribution in [2.24, 2.45) is 4.99 Å². The highest BCUT2D eigenvalue weighted by atomic mass is 127. The van der Waals surface area contributed by atoms with Crippen LogP contribution in [0.2, 0.25) is 0 Å². The van der Waals surface area contributed by atoms with Gasteiger partial charge in [-0.3, -0.25) is 9.79 Å². The van der Waals surface area contributed by atoms with Gasteiger partial charge < -0.3 is 20.4 Å². The van der Waals surface area contributed by atoms with E-state index in [0.29, 0.717) is 12.1 Å². The Balaban J connectivity index is 0.00000364. The fourth-order valence-electron chi connectivity index (χ4n) is 3.10. The molecule has 1 aliphatic heterocycles. The standard InChI is InChI=1S/C20H33N5O.HI/c1-21-20(22-12-4-5-13-25-14-6-7-15-25)23-16-17-8-10-18(11-9-17)19(26)24(2)3;/h8-11H,4-7,12-16H2,1-3H3,(H2,21,22,23);1H. The van der Waals surface area contributed by atoms with E-state index in [-0.39, 0.29) is 29.9 Å². The van der Waals surface area contributed by atoms with Gasteiger partial charge in [0, 0.05) is 39.8 Å². The lowest BCUT2D eigenvalue weighted by molar-refractivity contribution is 0.0827. The number of benzene rings is 1. The van der Waals surface area contributed by atoms with Gasteiger partial charge in [0.2, 0.25) is 0 Å². The minimum absolute atomic E-state index is 0. The van der Waals surface area contributed by atoms with Crippen molar-refractivity contribution in [1.82, 2.24) is 20.4 Å². The summed E-state index contributed by atoms with van der Waals surface area (Å²) < 4.78 is 0. The topological polar surface area (TPSA) is 60.0 Å². The molecule has 0 bridgehead atoms. The van der Waals surface area contributed by atoms with Gasteiger partial charge in [-0.15, -0.1) is 24.0 Å². The average Bonchev–Trinajstić information content (AvgIpc) is 3.17. The molecule has 1 aromatic rings. The van der Waals surface area contributed by atoms with E-state index in [4.69, 9.17) is 0 Å². The number of aliphatic imine (C=N–C) groups is 1. The van der Waals surface area contributed by atoms with E-state index in [1.54, 1.807) is 26.0 Å². The monoisotopic (exact) mass is 487 g/mol. The highest BCUT2D eigenvalue weighted by Crippen LogP contribution is 2.08. The maximum Gasteiger partial charge on any atom is 0.253 e. The molecular formula is C20H34IN5O. The number of likely N-dealkylation sites (tertiary alicyclic amines) is 1. The molecule has 152 valence electrons. The summed E-state index contributed by atoms with van der Waals surface area (Å²) in [6, 6.07) is 7.70. The number of rotatable bonds is 8. The summed E-state index contributed by atoms with van der Waals surface area (Å²) in [7, 11) is 5.32. The summed E-state index contributed by atoms with van der Waals surface area (Å²) in [6.07, 6.45) is 5.10. The van der Waals surface area contributed by atoms with E-state index < -0.39 is 0 Å². The molecule has 27 heavy (non-hydrogen) atoms. The SMILES string of the molecule is CN=C(NCCCCN1CCCC1)NCc1ccc(C(=O)N(C)C)cc1.I. The molecule has 0 spiro atoms. The fraction of sp³-hybridized carbons (Fsp3) is 0.600. The zero-order valence-electron chi connectivity index (χ0n) is 16.8. The van der Waals surface area contributed by atoms with Gasteiger partial charge in [-0.2, -0.15) is 0 Å². The molecule has 0 radical (unpaired) electrons. The lowest BCUT2D eigenvalue weighted by Gasteiger charge is -2.15. The van der Waals surface area contributed by atoms with E-state index in [1.165, 1.54) is 38.9 Å². The molecule has 1 aromatic carbocycles. The van der Waals surface area contributed by atoms with Crippen LogP contribution in [0.3, 0.4) is 0 Å². The van der Waals surface area contributed by atoms with Crippen LogP contribution in [0.4, 0.5) is 0 Å². The smallest absolute Gasteiger partial charge is 0.253 e. The van der Waals surface area contributed by atoms with Crippen molar-refractivity contribution >= 4 is 35.8 Å². The Morgan fingerprint density at radius 1 is 1.11 bits per heavy atom. The maximum absolute atomic E-state index is 11.9. The van der Waals surface area contributed by atoms with E-state index in [0.717, 1.165) is 24.5 Å². The Labute approximate surface area is 180 Å². The fourth-order valence-corrected chi connectivity index (χ4v) is 3.10. The van der Waals surface area contributed by atoms with Crippen molar-refractivity contribution in [1.29, 1.82) is 0 Å². The van der Waals surface area contributed by atoms with Crippen LogP contribution >= 0.6 is 24.0 Å². The number of hydrogen-bond acceptors (Lipinski definition) is 3. The highest BCUT2D eigenvalue weighted by molar-refractivity contribution is 14.0. The van der Waals surface area contributed by atoms with Crippen molar-refractivity contribution in [2.45, 2.75) is 32.2 Å². The highest BCUT2D eigenvalue weighted by Gasteiger charge is 2.10. The second-order valence-electron chi connectivity index (χ2n) is 7.00. The predicted molar refractivity (Wildman–Crippen MR) is 123 cm³/mol. The molecule has 1 fully saturated rings. The molecule has 2 N–H and O–H groups in total. The van der Waals surface area contributed by atoms with Gasteiger partial charge in [-0.05, 0) is 63.0 Å². The Morgan fingerprint density at radius 2 is 1.78 bits per heavy atom. The number of carbonyl (C=O) groups is 1. The number of unbranched alkanes of at least 4 members (excludes halogenated alkanes) is 1. The van der Waals surface area contributed by atoms with Gasteiger partial charge in [-0.25, -0.2) is 0 Å². The first kappa shape index (κ1) is 23.7. The first-order chi connectivity index (χ1) is 12.6. The molecular weight excluding hydrogens is 453 g/mol. The van der Waals surface area contributed by atoms with Crippen LogP contribution in [0.25, 0.3) is 0 Å². The number of amides is 1. The molecule has 0 aromatic heterocycles. The average molecular weight is 487 g/mol. The van der Waals surface area contributed by atoms with Crippen molar-refractivity contribution in [2.75, 3.05) is 47.3 Å². The third-order valence-corrected chi connectivity index (χ3v) is 4.68. The number of guanidine groups is 1. The summed E-state index contributed by atoms with van der Waals surface area (Å²) in [5, 5.41) is 6.69. The van der Waals surface area contributed by atoms with E-state index in [9.17, 15) is 4.79 Å².